The molecular formula is C18H23BrO6. The molecule has 2 rings (SSSR count). The first-order chi connectivity index (χ1) is 11.9. The van der Waals surface area contributed by atoms with Gasteiger partial charge in [0.05, 0.1) is 13.2 Å². The number of carbonyl (C=O) groups excluding carboxylic acids is 1. The SMILES string of the molecule is CC(C)CCOC1=C(OCc2ccc(Br)cc2)[C@@H]([C@@H](O)CO)OC1=O. The first-order valence-electron chi connectivity index (χ1n) is 8.16. The second kappa shape index (κ2) is 9.22. The average molecular weight is 415 g/mol. The third-order valence-corrected chi connectivity index (χ3v) is 4.22. The molecule has 0 fully saturated rings. The van der Waals surface area contributed by atoms with Gasteiger partial charge in [-0.25, -0.2) is 4.79 Å². The summed E-state index contributed by atoms with van der Waals surface area (Å²) in [6, 6.07) is 7.51. The minimum Gasteiger partial charge on any atom is -0.485 e. The Balaban J connectivity index is 2.14. The lowest BCUT2D eigenvalue weighted by Crippen LogP contribution is -2.32. The summed E-state index contributed by atoms with van der Waals surface area (Å²) >= 11 is 3.36. The van der Waals surface area contributed by atoms with E-state index in [4.69, 9.17) is 14.2 Å². The Hall–Kier alpha value is -1.57. The van der Waals surface area contributed by atoms with Crippen LogP contribution in [0.2, 0.25) is 0 Å². The molecule has 138 valence electrons. The van der Waals surface area contributed by atoms with E-state index in [1.165, 1.54) is 0 Å². The van der Waals surface area contributed by atoms with Gasteiger partial charge in [0.25, 0.3) is 0 Å². The molecule has 0 bridgehead atoms. The van der Waals surface area contributed by atoms with Gasteiger partial charge in [0.2, 0.25) is 5.76 Å². The first-order valence-corrected chi connectivity index (χ1v) is 8.95. The molecule has 2 atom stereocenters. The van der Waals surface area contributed by atoms with Crippen molar-refractivity contribution >= 4 is 21.9 Å². The van der Waals surface area contributed by atoms with Crippen LogP contribution in [0.15, 0.2) is 40.3 Å². The Bertz CT molecular complexity index is 610. The number of esters is 1. The lowest BCUT2D eigenvalue weighted by molar-refractivity contribution is -0.148. The number of aliphatic hydroxyl groups is 2. The maximum atomic E-state index is 12.1. The molecule has 6 nitrogen and oxygen atoms in total. The van der Waals surface area contributed by atoms with Crippen molar-refractivity contribution in [2.75, 3.05) is 13.2 Å². The molecule has 0 unspecified atom stereocenters. The molecule has 1 aromatic rings. The molecule has 0 aromatic heterocycles. The van der Waals surface area contributed by atoms with Crippen LogP contribution in [-0.4, -0.2) is 41.6 Å². The van der Waals surface area contributed by atoms with Crippen molar-refractivity contribution in [1.29, 1.82) is 0 Å². The Morgan fingerprint density at radius 1 is 1.24 bits per heavy atom. The average Bonchev–Trinajstić information content (AvgIpc) is 2.89. The second-order valence-corrected chi connectivity index (χ2v) is 7.13. The van der Waals surface area contributed by atoms with Crippen LogP contribution in [0.5, 0.6) is 0 Å². The molecule has 0 radical (unpaired) electrons. The van der Waals surface area contributed by atoms with Gasteiger partial charge in [-0.2, -0.15) is 0 Å². The van der Waals surface area contributed by atoms with Gasteiger partial charge in [0, 0.05) is 4.47 Å². The molecule has 1 aliphatic heterocycles. The fourth-order valence-electron chi connectivity index (χ4n) is 2.22. The highest BCUT2D eigenvalue weighted by atomic mass is 79.9. The van der Waals surface area contributed by atoms with Crippen molar-refractivity contribution in [2.24, 2.45) is 5.92 Å². The third kappa shape index (κ3) is 5.45. The summed E-state index contributed by atoms with van der Waals surface area (Å²) in [5.74, 6) is -0.176. The normalized spacial score (nSPS) is 18.5. The Morgan fingerprint density at radius 2 is 1.92 bits per heavy atom. The van der Waals surface area contributed by atoms with E-state index in [-0.39, 0.29) is 18.1 Å². The first kappa shape index (κ1) is 19.8. The molecule has 0 spiro atoms. The zero-order valence-corrected chi connectivity index (χ0v) is 15.9. The highest BCUT2D eigenvalue weighted by Gasteiger charge is 2.41. The molecule has 0 saturated heterocycles. The third-order valence-electron chi connectivity index (χ3n) is 3.69. The van der Waals surface area contributed by atoms with Crippen LogP contribution in [0, 0.1) is 5.92 Å². The van der Waals surface area contributed by atoms with Crippen LogP contribution in [0.1, 0.15) is 25.8 Å². The molecule has 0 aliphatic carbocycles. The Kier molecular flexibility index (Phi) is 7.28. The van der Waals surface area contributed by atoms with Crippen LogP contribution in [0.3, 0.4) is 0 Å². The summed E-state index contributed by atoms with van der Waals surface area (Å²) in [7, 11) is 0. The van der Waals surface area contributed by atoms with Gasteiger partial charge in [0.1, 0.15) is 12.7 Å². The predicted molar refractivity (Wildman–Crippen MR) is 94.3 cm³/mol. The van der Waals surface area contributed by atoms with Crippen LogP contribution in [-0.2, 0) is 25.6 Å². The van der Waals surface area contributed by atoms with E-state index in [0.29, 0.717) is 12.5 Å². The predicted octanol–water partition coefficient (Wildman–Crippen LogP) is 2.52. The number of hydrogen-bond acceptors (Lipinski definition) is 6. The molecule has 1 aliphatic rings. The highest BCUT2D eigenvalue weighted by Crippen LogP contribution is 2.28. The molecule has 1 aromatic carbocycles. The van der Waals surface area contributed by atoms with Gasteiger partial charge in [0.15, 0.2) is 11.9 Å². The van der Waals surface area contributed by atoms with E-state index in [1.807, 2.05) is 38.1 Å². The molecule has 0 amide bonds. The molecular weight excluding hydrogens is 392 g/mol. The van der Waals surface area contributed by atoms with E-state index in [2.05, 4.69) is 15.9 Å². The van der Waals surface area contributed by atoms with Crippen LogP contribution in [0.25, 0.3) is 0 Å². The zero-order chi connectivity index (χ0) is 18.4. The summed E-state index contributed by atoms with van der Waals surface area (Å²) in [4.78, 5) is 12.1. The Morgan fingerprint density at radius 3 is 2.52 bits per heavy atom. The van der Waals surface area contributed by atoms with E-state index in [1.54, 1.807) is 0 Å². The number of benzene rings is 1. The van der Waals surface area contributed by atoms with E-state index in [0.717, 1.165) is 16.5 Å². The van der Waals surface area contributed by atoms with Crippen molar-refractivity contribution in [3.63, 3.8) is 0 Å². The van der Waals surface area contributed by atoms with Gasteiger partial charge in [-0.05, 0) is 30.0 Å². The second-order valence-electron chi connectivity index (χ2n) is 6.22. The minimum absolute atomic E-state index is 0.0322. The van der Waals surface area contributed by atoms with Gasteiger partial charge in [-0.3, -0.25) is 0 Å². The fourth-order valence-corrected chi connectivity index (χ4v) is 2.48. The number of halogens is 1. The quantitative estimate of drug-likeness (QED) is 0.603. The molecule has 2 N–H and O–H groups in total. The molecule has 1 heterocycles. The number of rotatable bonds is 9. The van der Waals surface area contributed by atoms with E-state index in [9.17, 15) is 15.0 Å². The maximum Gasteiger partial charge on any atom is 0.378 e. The summed E-state index contributed by atoms with van der Waals surface area (Å²) in [5, 5.41) is 19.1. The van der Waals surface area contributed by atoms with E-state index >= 15 is 0 Å². The number of aliphatic hydroxyl groups excluding tert-OH is 2. The van der Waals surface area contributed by atoms with Crippen molar-refractivity contribution in [2.45, 2.75) is 39.1 Å². The lowest BCUT2D eigenvalue weighted by Gasteiger charge is -2.18. The van der Waals surface area contributed by atoms with Crippen molar-refractivity contribution < 1.29 is 29.2 Å². The van der Waals surface area contributed by atoms with Crippen LogP contribution in [0.4, 0.5) is 0 Å². The Labute approximate surface area is 155 Å². The van der Waals surface area contributed by atoms with Crippen molar-refractivity contribution in [3.05, 3.63) is 45.8 Å². The standard InChI is InChI=1S/C18H23BrO6/c1-11(2)7-8-23-17-16(15(14(21)9-20)25-18(17)22)24-10-12-3-5-13(19)6-4-12/h3-6,11,14-15,20-21H,7-10H2,1-2H3/t14-,15+/m0/s1. The monoisotopic (exact) mass is 414 g/mol. The number of cyclic esters (lactones) is 1. The zero-order valence-electron chi connectivity index (χ0n) is 14.3. The maximum absolute atomic E-state index is 12.1. The van der Waals surface area contributed by atoms with Gasteiger partial charge < -0.3 is 24.4 Å². The van der Waals surface area contributed by atoms with Crippen LogP contribution >= 0.6 is 15.9 Å². The number of ether oxygens (including phenoxy) is 3. The molecule has 25 heavy (non-hydrogen) atoms. The van der Waals surface area contributed by atoms with Gasteiger partial charge in [-0.15, -0.1) is 0 Å². The van der Waals surface area contributed by atoms with Gasteiger partial charge >= 0.3 is 5.97 Å². The van der Waals surface area contributed by atoms with E-state index < -0.39 is 24.8 Å². The van der Waals surface area contributed by atoms with Crippen LogP contribution < -0.4 is 0 Å². The topological polar surface area (TPSA) is 85.2 Å². The number of hydrogen-bond donors (Lipinski definition) is 2. The van der Waals surface area contributed by atoms with Crippen molar-refractivity contribution in [3.8, 4) is 0 Å². The lowest BCUT2D eigenvalue weighted by atomic mass is 10.1. The highest BCUT2D eigenvalue weighted by molar-refractivity contribution is 9.10. The fraction of sp³-hybridized carbons (Fsp3) is 0.500. The summed E-state index contributed by atoms with van der Waals surface area (Å²) in [6.45, 7) is 4.07. The molecule has 0 saturated carbocycles. The smallest absolute Gasteiger partial charge is 0.378 e. The number of carbonyl (C=O) groups is 1. The summed E-state index contributed by atoms with van der Waals surface area (Å²) < 4.78 is 17.3. The van der Waals surface area contributed by atoms with Gasteiger partial charge in [-0.1, -0.05) is 41.9 Å². The largest absolute Gasteiger partial charge is 0.485 e. The summed E-state index contributed by atoms with van der Waals surface area (Å²) in [5.41, 5.74) is 0.883. The molecule has 7 heteroatoms. The van der Waals surface area contributed by atoms with Crippen molar-refractivity contribution in [1.82, 2.24) is 0 Å². The summed E-state index contributed by atoms with van der Waals surface area (Å²) in [6.07, 6.45) is -1.57. The minimum atomic E-state index is -1.27.